The van der Waals surface area contributed by atoms with Gasteiger partial charge in [0.25, 0.3) is 0 Å². The third kappa shape index (κ3) is 6.63. The SMILES string of the molecule is CN1CCN(C(=O)Cn2c(-c3cccc(Cl)c3)nc3cccnc32)CC1.O=C(O)/C=C/C(=O)O. The highest BCUT2D eigenvalue weighted by atomic mass is 35.5. The van der Waals surface area contributed by atoms with Gasteiger partial charge in [-0.3, -0.25) is 9.36 Å². The Balaban J connectivity index is 0.000000350. The first-order valence-electron chi connectivity index (χ1n) is 10.4. The summed E-state index contributed by atoms with van der Waals surface area (Å²) in [5, 5.41) is 16.3. The summed E-state index contributed by atoms with van der Waals surface area (Å²) in [5.74, 6) is -1.71. The van der Waals surface area contributed by atoms with E-state index in [9.17, 15) is 14.4 Å². The van der Waals surface area contributed by atoms with Crippen LogP contribution in [0.25, 0.3) is 22.6 Å². The second kappa shape index (κ2) is 11.4. The molecule has 178 valence electrons. The molecule has 0 radical (unpaired) electrons. The van der Waals surface area contributed by atoms with E-state index >= 15 is 0 Å². The zero-order chi connectivity index (χ0) is 24.7. The fraction of sp³-hybridized carbons (Fsp3) is 0.261. The topological polar surface area (TPSA) is 129 Å². The maximum absolute atomic E-state index is 12.9. The molecule has 0 atom stereocenters. The second-order valence-corrected chi connectivity index (χ2v) is 8.01. The van der Waals surface area contributed by atoms with E-state index in [-0.39, 0.29) is 12.5 Å². The number of aliphatic carboxylic acids is 2. The van der Waals surface area contributed by atoms with Gasteiger partial charge in [-0.2, -0.15) is 0 Å². The maximum atomic E-state index is 12.9. The van der Waals surface area contributed by atoms with Crippen molar-refractivity contribution in [2.24, 2.45) is 0 Å². The molecule has 3 aromatic rings. The van der Waals surface area contributed by atoms with E-state index < -0.39 is 11.9 Å². The quantitative estimate of drug-likeness (QED) is 0.526. The fourth-order valence-electron chi connectivity index (χ4n) is 3.39. The van der Waals surface area contributed by atoms with Crippen molar-refractivity contribution in [2.75, 3.05) is 33.2 Å². The summed E-state index contributed by atoms with van der Waals surface area (Å²) in [5.41, 5.74) is 2.36. The molecule has 1 aromatic carbocycles. The molecule has 1 amide bonds. The van der Waals surface area contributed by atoms with Gasteiger partial charge in [0.2, 0.25) is 5.91 Å². The number of carboxylic acids is 2. The Morgan fingerprint density at radius 3 is 2.32 bits per heavy atom. The number of carbonyl (C=O) groups is 3. The van der Waals surface area contributed by atoms with Gasteiger partial charge in [0.15, 0.2) is 5.65 Å². The van der Waals surface area contributed by atoms with Crippen LogP contribution in [0, 0.1) is 0 Å². The van der Waals surface area contributed by atoms with Gasteiger partial charge in [0.1, 0.15) is 17.9 Å². The van der Waals surface area contributed by atoms with E-state index in [1.165, 1.54) is 0 Å². The normalized spacial score (nSPS) is 14.1. The van der Waals surface area contributed by atoms with Crippen molar-refractivity contribution in [1.82, 2.24) is 24.3 Å². The summed E-state index contributed by atoms with van der Waals surface area (Å²) in [4.78, 5) is 45.3. The van der Waals surface area contributed by atoms with Gasteiger partial charge in [-0.05, 0) is 31.3 Å². The summed E-state index contributed by atoms with van der Waals surface area (Å²) in [6.07, 6.45) is 2.84. The van der Waals surface area contributed by atoms with E-state index in [0.717, 1.165) is 37.3 Å². The van der Waals surface area contributed by atoms with E-state index in [1.807, 2.05) is 45.9 Å². The Kier molecular flexibility index (Phi) is 8.34. The average Bonchev–Trinajstić information content (AvgIpc) is 3.17. The Morgan fingerprint density at radius 1 is 1.03 bits per heavy atom. The number of hydrogen-bond donors (Lipinski definition) is 2. The number of imidazole rings is 1. The number of piperazine rings is 1. The molecule has 0 unspecified atom stereocenters. The van der Waals surface area contributed by atoms with Crippen molar-refractivity contribution >= 4 is 40.6 Å². The molecule has 0 bridgehead atoms. The number of amides is 1. The molecule has 0 spiro atoms. The van der Waals surface area contributed by atoms with Crippen LogP contribution in [-0.2, 0) is 20.9 Å². The molecule has 3 heterocycles. The number of likely N-dealkylation sites (N-methyl/N-ethyl adjacent to an activating group) is 1. The van der Waals surface area contributed by atoms with Crippen molar-refractivity contribution in [3.8, 4) is 11.4 Å². The Morgan fingerprint density at radius 2 is 1.71 bits per heavy atom. The van der Waals surface area contributed by atoms with Crippen LogP contribution in [0.5, 0.6) is 0 Å². The number of rotatable bonds is 5. The second-order valence-electron chi connectivity index (χ2n) is 7.57. The molecular weight excluding hydrogens is 462 g/mol. The van der Waals surface area contributed by atoms with Crippen LogP contribution in [-0.4, -0.2) is 85.6 Å². The van der Waals surface area contributed by atoms with Gasteiger partial charge >= 0.3 is 11.9 Å². The minimum absolute atomic E-state index is 0.0892. The molecule has 0 aliphatic carbocycles. The lowest BCUT2D eigenvalue weighted by molar-refractivity contribution is -0.134. The molecule has 2 aromatic heterocycles. The largest absolute Gasteiger partial charge is 0.478 e. The average molecular weight is 486 g/mol. The van der Waals surface area contributed by atoms with Gasteiger partial charge in [-0.25, -0.2) is 19.6 Å². The number of pyridine rings is 1. The Labute approximate surface area is 200 Å². The molecule has 1 saturated heterocycles. The predicted octanol–water partition coefficient (Wildman–Crippen LogP) is 2.24. The van der Waals surface area contributed by atoms with Crippen LogP contribution in [0.2, 0.25) is 5.02 Å². The number of hydrogen-bond acceptors (Lipinski definition) is 6. The molecule has 1 aliphatic heterocycles. The monoisotopic (exact) mass is 485 g/mol. The summed E-state index contributed by atoms with van der Waals surface area (Å²) in [6.45, 7) is 3.52. The zero-order valence-corrected chi connectivity index (χ0v) is 19.2. The van der Waals surface area contributed by atoms with Crippen LogP contribution in [0.3, 0.4) is 0 Å². The summed E-state index contributed by atoms with van der Waals surface area (Å²) >= 11 is 6.15. The van der Waals surface area contributed by atoms with Crippen LogP contribution in [0.1, 0.15) is 0 Å². The fourth-order valence-corrected chi connectivity index (χ4v) is 3.58. The standard InChI is InChI=1S/C19H20ClN5O.C4H4O4/c1-23-8-10-24(11-9-23)17(26)13-25-18(14-4-2-5-15(20)12-14)22-16-6-3-7-21-19(16)25;5-3(6)1-2-4(7)8/h2-7,12H,8-11,13H2,1H3;1-2H,(H,5,6)(H,7,8)/b;2-1+. The molecule has 0 saturated carbocycles. The zero-order valence-electron chi connectivity index (χ0n) is 18.5. The molecular formula is C23H24ClN5O5. The van der Waals surface area contributed by atoms with Crippen LogP contribution in [0.4, 0.5) is 0 Å². The van der Waals surface area contributed by atoms with Gasteiger partial charge in [0, 0.05) is 55.1 Å². The molecule has 10 nitrogen and oxygen atoms in total. The van der Waals surface area contributed by atoms with Crippen molar-refractivity contribution in [3.05, 3.63) is 59.8 Å². The summed E-state index contributed by atoms with van der Waals surface area (Å²) < 4.78 is 1.89. The molecule has 4 rings (SSSR count). The van der Waals surface area contributed by atoms with Gasteiger partial charge in [-0.1, -0.05) is 23.7 Å². The third-order valence-electron chi connectivity index (χ3n) is 5.10. The number of halogens is 1. The Bertz CT molecular complexity index is 1200. The number of nitrogens with zero attached hydrogens (tertiary/aromatic N) is 5. The Hall–Kier alpha value is -3.76. The third-order valence-corrected chi connectivity index (χ3v) is 5.34. The number of aromatic nitrogens is 3. The van der Waals surface area contributed by atoms with Crippen molar-refractivity contribution < 1.29 is 24.6 Å². The van der Waals surface area contributed by atoms with E-state index in [4.69, 9.17) is 26.8 Å². The first-order chi connectivity index (χ1) is 16.2. The molecule has 34 heavy (non-hydrogen) atoms. The minimum Gasteiger partial charge on any atom is -0.478 e. The number of benzene rings is 1. The number of carboxylic acid groups (broad SMARTS) is 2. The van der Waals surface area contributed by atoms with Gasteiger partial charge in [-0.15, -0.1) is 0 Å². The van der Waals surface area contributed by atoms with E-state index in [1.54, 1.807) is 6.20 Å². The highest BCUT2D eigenvalue weighted by molar-refractivity contribution is 6.30. The first-order valence-corrected chi connectivity index (χ1v) is 10.8. The van der Waals surface area contributed by atoms with Crippen molar-refractivity contribution in [2.45, 2.75) is 6.54 Å². The highest BCUT2D eigenvalue weighted by Crippen LogP contribution is 2.26. The van der Waals surface area contributed by atoms with Crippen LogP contribution in [0.15, 0.2) is 54.7 Å². The number of carbonyl (C=O) groups excluding carboxylic acids is 1. The van der Waals surface area contributed by atoms with Gasteiger partial charge in [0.05, 0.1) is 0 Å². The predicted molar refractivity (Wildman–Crippen MR) is 126 cm³/mol. The molecule has 11 heteroatoms. The maximum Gasteiger partial charge on any atom is 0.328 e. The minimum atomic E-state index is -1.26. The highest BCUT2D eigenvalue weighted by Gasteiger charge is 2.22. The van der Waals surface area contributed by atoms with E-state index in [0.29, 0.717) is 28.6 Å². The lowest BCUT2D eigenvalue weighted by atomic mass is 10.2. The summed E-state index contributed by atoms with van der Waals surface area (Å²) in [6, 6.07) is 11.3. The lowest BCUT2D eigenvalue weighted by Crippen LogP contribution is -2.48. The first kappa shape index (κ1) is 24.9. The van der Waals surface area contributed by atoms with Crippen LogP contribution < -0.4 is 0 Å². The number of fused-ring (bicyclic) bond motifs is 1. The lowest BCUT2D eigenvalue weighted by Gasteiger charge is -2.32. The van der Waals surface area contributed by atoms with Crippen LogP contribution >= 0.6 is 11.6 Å². The summed E-state index contributed by atoms with van der Waals surface area (Å²) in [7, 11) is 2.08. The van der Waals surface area contributed by atoms with Gasteiger partial charge < -0.3 is 20.0 Å². The molecule has 1 fully saturated rings. The van der Waals surface area contributed by atoms with Crippen molar-refractivity contribution in [3.63, 3.8) is 0 Å². The van der Waals surface area contributed by atoms with Crippen molar-refractivity contribution in [1.29, 1.82) is 0 Å². The van der Waals surface area contributed by atoms with E-state index in [2.05, 4.69) is 16.9 Å². The smallest absolute Gasteiger partial charge is 0.328 e. The molecule has 2 N–H and O–H groups in total. The molecule has 1 aliphatic rings.